The maximum absolute atomic E-state index is 6.30. The number of halogens is 2. The SMILES string of the molecule is CNC(c1cc(Cl)sc1Cl)C1CCC(C)C(C)C1. The molecule has 1 heterocycles. The topological polar surface area (TPSA) is 12.0 Å². The maximum atomic E-state index is 6.30. The minimum atomic E-state index is 0.344. The van der Waals surface area contributed by atoms with E-state index < -0.39 is 0 Å². The first-order valence-corrected chi connectivity index (χ1v) is 8.22. The summed E-state index contributed by atoms with van der Waals surface area (Å²) in [7, 11) is 2.02. The molecule has 1 aromatic heterocycles. The average molecular weight is 306 g/mol. The largest absolute Gasteiger partial charge is 0.313 e. The van der Waals surface area contributed by atoms with Crippen molar-refractivity contribution in [1.29, 1.82) is 0 Å². The van der Waals surface area contributed by atoms with Crippen LogP contribution in [0.1, 0.15) is 44.7 Å². The molecule has 1 fully saturated rings. The summed E-state index contributed by atoms with van der Waals surface area (Å²) >= 11 is 13.8. The van der Waals surface area contributed by atoms with Crippen LogP contribution in [0.4, 0.5) is 0 Å². The number of rotatable bonds is 3. The summed E-state index contributed by atoms with van der Waals surface area (Å²) in [4.78, 5) is 0. The zero-order valence-corrected chi connectivity index (χ0v) is 13.5. The summed E-state index contributed by atoms with van der Waals surface area (Å²) in [6.07, 6.45) is 3.87. The Labute approximate surface area is 124 Å². The molecule has 0 saturated heterocycles. The molecule has 1 aromatic rings. The molecule has 0 bridgehead atoms. The predicted molar refractivity (Wildman–Crippen MR) is 81.8 cm³/mol. The standard InChI is InChI=1S/C14H21Cl2NS/c1-8-4-5-10(6-9(8)2)13(17-3)11-7-12(15)18-14(11)16/h7-10,13,17H,4-6H2,1-3H3. The highest BCUT2D eigenvalue weighted by atomic mass is 35.5. The molecule has 18 heavy (non-hydrogen) atoms. The lowest BCUT2D eigenvalue weighted by atomic mass is 9.72. The van der Waals surface area contributed by atoms with E-state index in [1.807, 2.05) is 13.1 Å². The van der Waals surface area contributed by atoms with Gasteiger partial charge < -0.3 is 5.32 Å². The zero-order chi connectivity index (χ0) is 13.3. The number of hydrogen-bond donors (Lipinski definition) is 1. The number of hydrogen-bond acceptors (Lipinski definition) is 2. The summed E-state index contributed by atoms with van der Waals surface area (Å²) in [5.74, 6) is 2.32. The summed E-state index contributed by atoms with van der Waals surface area (Å²) in [5, 5.41) is 3.44. The van der Waals surface area contributed by atoms with E-state index in [4.69, 9.17) is 23.2 Å². The van der Waals surface area contributed by atoms with E-state index in [0.717, 1.165) is 20.5 Å². The van der Waals surface area contributed by atoms with Gasteiger partial charge in [0.25, 0.3) is 0 Å². The lowest BCUT2D eigenvalue weighted by Gasteiger charge is -2.36. The van der Waals surface area contributed by atoms with Gasteiger partial charge >= 0.3 is 0 Å². The highest BCUT2D eigenvalue weighted by molar-refractivity contribution is 7.20. The van der Waals surface area contributed by atoms with Crippen LogP contribution in [0.3, 0.4) is 0 Å². The first-order valence-electron chi connectivity index (χ1n) is 6.65. The second-order valence-electron chi connectivity index (χ2n) is 5.57. The van der Waals surface area contributed by atoms with Crippen molar-refractivity contribution >= 4 is 34.5 Å². The van der Waals surface area contributed by atoms with Crippen LogP contribution in [-0.2, 0) is 0 Å². The van der Waals surface area contributed by atoms with Gasteiger partial charge in [-0.1, -0.05) is 43.5 Å². The minimum absolute atomic E-state index is 0.344. The van der Waals surface area contributed by atoms with Gasteiger partial charge in [0.2, 0.25) is 0 Å². The molecule has 1 aliphatic rings. The molecule has 4 atom stereocenters. The summed E-state index contributed by atoms with van der Waals surface area (Å²) in [6.45, 7) is 4.73. The Bertz CT molecular complexity index is 404. The van der Waals surface area contributed by atoms with Gasteiger partial charge in [0.05, 0.1) is 8.67 Å². The van der Waals surface area contributed by atoms with Crippen LogP contribution in [0.15, 0.2) is 6.07 Å². The normalized spacial score (nSPS) is 30.4. The Balaban J connectivity index is 2.16. The van der Waals surface area contributed by atoms with E-state index in [2.05, 4.69) is 19.2 Å². The van der Waals surface area contributed by atoms with Gasteiger partial charge in [0.1, 0.15) is 0 Å². The van der Waals surface area contributed by atoms with Crippen molar-refractivity contribution in [2.24, 2.45) is 17.8 Å². The van der Waals surface area contributed by atoms with E-state index in [1.54, 1.807) is 0 Å². The van der Waals surface area contributed by atoms with E-state index in [9.17, 15) is 0 Å². The van der Waals surface area contributed by atoms with Crippen LogP contribution in [0.2, 0.25) is 8.67 Å². The molecule has 4 unspecified atom stereocenters. The lowest BCUT2D eigenvalue weighted by Crippen LogP contribution is -2.31. The maximum Gasteiger partial charge on any atom is 0.0992 e. The Kier molecular flexibility index (Phi) is 4.99. The molecule has 4 heteroatoms. The van der Waals surface area contributed by atoms with Crippen molar-refractivity contribution in [1.82, 2.24) is 5.32 Å². The van der Waals surface area contributed by atoms with Crippen molar-refractivity contribution in [2.75, 3.05) is 7.05 Å². The quantitative estimate of drug-likeness (QED) is 0.789. The summed E-state index contributed by atoms with van der Waals surface area (Å²) < 4.78 is 1.62. The second kappa shape index (κ2) is 6.13. The van der Waals surface area contributed by atoms with Crippen LogP contribution >= 0.6 is 34.5 Å². The Morgan fingerprint density at radius 2 is 2.00 bits per heavy atom. The molecule has 1 saturated carbocycles. The van der Waals surface area contributed by atoms with Gasteiger partial charge in [-0.2, -0.15) is 0 Å². The summed E-state index contributed by atoms with van der Waals surface area (Å²) in [6, 6.07) is 2.37. The zero-order valence-electron chi connectivity index (χ0n) is 11.2. The van der Waals surface area contributed by atoms with Crippen molar-refractivity contribution in [3.05, 3.63) is 20.3 Å². The summed E-state index contributed by atoms with van der Waals surface area (Å²) in [5.41, 5.74) is 1.18. The monoisotopic (exact) mass is 305 g/mol. The van der Waals surface area contributed by atoms with Crippen LogP contribution < -0.4 is 5.32 Å². The highest BCUT2D eigenvalue weighted by Crippen LogP contribution is 2.44. The van der Waals surface area contributed by atoms with Crippen molar-refractivity contribution in [3.63, 3.8) is 0 Å². The van der Waals surface area contributed by atoms with Crippen LogP contribution in [0.5, 0.6) is 0 Å². The molecule has 0 aliphatic heterocycles. The van der Waals surface area contributed by atoms with Crippen molar-refractivity contribution in [3.8, 4) is 0 Å². The molecule has 0 radical (unpaired) electrons. The number of thiophene rings is 1. The van der Waals surface area contributed by atoms with Crippen molar-refractivity contribution < 1.29 is 0 Å². The van der Waals surface area contributed by atoms with Crippen LogP contribution in [0, 0.1) is 17.8 Å². The molecule has 0 spiro atoms. The molecular formula is C14H21Cl2NS. The van der Waals surface area contributed by atoms with Gasteiger partial charge in [-0.15, -0.1) is 11.3 Å². The van der Waals surface area contributed by atoms with Gasteiger partial charge in [-0.3, -0.25) is 0 Å². The molecular weight excluding hydrogens is 285 g/mol. The van der Waals surface area contributed by atoms with Gasteiger partial charge in [0, 0.05) is 11.6 Å². The number of nitrogens with one attached hydrogen (secondary N) is 1. The first kappa shape index (κ1) is 14.6. The Hall–Kier alpha value is 0.240. The van der Waals surface area contributed by atoms with E-state index >= 15 is 0 Å². The Morgan fingerprint density at radius 3 is 2.50 bits per heavy atom. The fourth-order valence-electron chi connectivity index (χ4n) is 3.10. The second-order valence-corrected chi connectivity index (χ2v) is 7.86. The van der Waals surface area contributed by atoms with Crippen LogP contribution in [0.25, 0.3) is 0 Å². The third-order valence-electron chi connectivity index (χ3n) is 4.44. The minimum Gasteiger partial charge on any atom is -0.313 e. The first-order chi connectivity index (χ1) is 8.52. The predicted octanol–water partition coefficient (Wildman–Crippen LogP) is 5.39. The molecule has 1 nitrogen and oxygen atoms in total. The lowest BCUT2D eigenvalue weighted by molar-refractivity contribution is 0.175. The molecule has 2 rings (SSSR count). The van der Waals surface area contributed by atoms with E-state index in [1.165, 1.54) is 36.2 Å². The molecule has 0 aromatic carbocycles. The van der Waals surface area contributed by atoms with Gasteiger partial charge in [-0.25, -0.2) is 0 Å². The van der Waals surface area contributed by atoms with Crippen molar-refractivity contribution in [2.45, 2.75) is 39.2 Å². The molecule has 1 aliphatic carbocycles. The fourth-order valence-corrected chi connectivity index (χ4v) is 4.65. The fraction of sp³-hybridized carbons (Fsp3) is 0.714. The van der Waals surface area contributed by atoms with Gasteiger partial charge in [-0.05, 0) is 43.7 Å². The third-order valence-corrected chi connectivity index (χ3v) is 5.96. The van der Waals surface area contributed by atoms with Gasteiger partial charge in [0.15, 0.2) is 0 Å². The van der Waals surface area contributed by atoms with E-state index in [-0.39, 0.29) is 0 Å². The highest BCUT2D eigenvalue weighted by Gasteiger charge is 2.31. The smallest absolute Gasteiger partial charge is 0.0992 e. The Morgan fingerprint density at radius 1 is 1.28 bits per heavy atom. The molecule has 1 N–H and O–H groups in total. The van der Waals surface area contributed by atoms with E-state index in [0.29, 0.717) is 12.0 Å². The third kappa shape index (κ3) is 3.04. The molecule has 102 valence electrons. The van der Waals surface area contributed by atoms with Crippen LogP contribution in [-0.4, -0.2) is 7.05 Å². The average Bonchev–Trinajstić information content (AvgIpc) is 2.64. The molecule has 0 amide bonds.